The van der Waals surface area contributed by atoms with Gasteiger partial charge in [0.15, 0.2) is 0 Å². The molecule has 0 aromatic heterocycles. The van der Waals surface area contributed by atoms with Crippen molar-refractivity contribution < 1.29 is 18.8 Å². The molecular formula is C21H22FN3O3. The smallest absolute Gasteiger partial charge is 0.227 e. The summed E-state index contributed by atoms with van der Waals surface area (Å²) in [4.78, 5) is 37.7. The van der Waals surface area contributed by atoms with Crippen LogP contribution in [0.5, 0.6) is 0 Å². The number of nitrogens with one attached hydrogen (secondary N) is 1. The molecule has 1 atom stereocenters. The minimum atomic E-state index is -0.525. The maximum Gasteiger partial charge on any atom is 0.227 e. The number of amides is 3. The molecule has 1 unspecified atom stereocenters. The zero-order valence-corrected chi connectivity index (χ0v) is 15.4. The van der Waals surface area contributed by atoms with E-state index in [9.17, 15) is 18.8 Å². The number of benzene rings is 2. The van der Waals surface area contributed by atoms with Crippen molar-refractivity contribution in [2.75, 3.05) is 16.8 Å². The molecule has 2 aromatic rings. The van der Waals surface area contributed by atoms with E-state index in [1.807, 2.05) is 24.3 Å². The summed E-state index contributed by atoms with van der Waals surface area (Å²) < 4.78 is 13.2. The standard InChI is InChI=1S/C21H22FN3O3/c22-16-6-8-17(9-7-16)25(12-11-19(23)26)20(27)10-5-15-13-14-3-1-2-4-18(14)24-21(15)28/h1-4,6-9,15H,5,10-13H2,(H2,23,26)(H,24,28). The van der Waals surface area contributed by atoms with Crippen LogP contribution in [0.2, 0.25) is 0 Å². The lowest BCUT2D eigenvalue weighted by molar-refractivity contribution is -0.121. The maximum atomic E-state index is 13.2. The van der Waals surface area contributed by atoms with Crippen LogP contribution in [0.3, 0.4) is 0 Å². The first kappa shape index (κ1) is 19.5. The van der Waals surface area contributed by atoms with Crippen molar-refractivity contribution in [1.29, 1.82) is 0 Å². The van der Waals surface area contributed by atoms with Gasteiger partial charge in [0, 0.05) is 36.7 Å². The van der Waals surface area contributed by atoms with Crippen LogP contribution < -0.4 is 16.0 Å². The predicted octanol–water partition coefficient (Wildman–Crippen LogP) is 2.63. The van der Waals surface area contributed by atoms with Gasteiger partial charge in [-0.1, -0.05) is 18.2 Å². The highest BCUT2D eigenvalue weighted by Crippen LogP contribution is 2.28. The first-order valence-electron chi connectivity index (χ1n) is 9.17. The van der Waals surface area contributed by atoms with E-state index in [4.69, 9.17) is 5.73 Å². The molecule has 3 N–H and O–H groups in total. The molecule has 0 saturated carbocycles. The number of carbonyl (C=O) groups is 3. The van der Waals surface area contributed by atoms with Crippen LogP contribution in [-0.2, 0) is 20.8 Å². The molecule has 28 heavy (non-hydrogen) atoms. The Morgan fingerprint density at radius 2 is 1.82 bits per heavy atom. The third-order valence-corrected chi connectivity index (χ3v) is 4.84. The van der Waals surface area contributed by atoms with E-state index in [0.717, 1.165) is 11.3 Å². The molecule has 2 aromatic carbocycles. The summed E-state index contributed by atoms with van der Waals surface area (Å²) in [5.41, 5.74) is 7.55. The fourth-order valence-electron chi connectivity index (χ4n) is 3.32. The third kappa shape index (κ3) is 4.73. The van der Waals surface area contributed by atoms with E-state index >= 15 is 0 Å². The number of anilines is 2. The van der Waals surface area contributed by atoms with Crippen LogP contribution >= 0.6 is 0 Å². The fraction of sp³-hybridized carbons (Fsp3) is 0.286. The van der Waals surface area contributed by atoms with Gasteiger partial charge in [0.25, 0.3) is 0 Å². The zero-order valence-electron chi connectivity index (χ0n) is 15.4. The van der Waals surface area contributed by atoms with Crippen molar-refractivity contribution in [1.82, 2.24) is 0 Å². The maximum absolute atomic E-state index is 13.2. The van der Waals surface area contributed by atoms with Gasteiger partial charge in [-0.25, -0.2) is 4.39 Å². The van der Waals surface area contributed by atoms with Crippen LogP contribution in [0.15, 0.2) is 48.5 Å². The number of fused-ring (bicyclic) bond motifs is 1. The molecule has 1 heterocycles. The summed E-state index contributed by atoms with van der Waals surface area (Å²) >= 11 is 0. The molecule has 0 spiro atoms. The number of halogens is 1. The van der Waals surface area contributed by atoms with Crippen LogP contribution in [0.25, 0.3) is 0 Å². The number of nitrogens with zero attached hydrogens (tertiary/aromatic N) is 1. The van der Waals surface area contributed by atoms with Crippen molar-refractivity contribution in [3.63, 3.8) is 0 Å². The molecule has 0 aliphatic carbocycles. The van der Waals surface area contributed by atoms with E-state index in [0.29, 0.717) is 18.5 Å². The Bertz CT molecular complexity index is 883. The van der Waals surface area contributed by atoms with E-state index in [-0.39, 0.29) is 37.1 Å². The van der Waals surface area contributed by atoms with Crippen molar-refractivity contribution in [2.24, 2.45) is 11.7 Å². The Morgan fingerprint density at radius 1 is 1.11 bits per heavy atom. The second-order valence-electron chi connectivity index (χ2n) is 6.82. The van der Waals surface area contributed by atoms with E-state index in [1.54, 1.807) is 0 Å². The highest BCUT2D eigenvalue weighted by Gasteiger charge is 2.27. The molecule has 146 valence electrons. The summed E-state index contributed by atoms with van der Waals surface area (Å²) in [6.07, 6.45) is 1.09. The van der Waals surface area contributed by atoms with Gasteiger partial charge >= 0.3 is 0 Å². The van der Waals surface area contributed by atoms with Crippen LogP contribution in [0, 0.1) is 11.7 Å². The van der Waals surface area contributed by atoms with Gasteiger partial charge in [-0.2, -0.15) is 0 Å². The van der Waals surface area contributed by atoms with Crippen molar-refractivity contribution in [2.45, 2.75) is 25.7 Å². The molecule has 0 bridgehead atoms. The first-order chi connectivity index (χ1) is 13.4. The Morgan fingerprint density at radius 3 is 2.54 bits per heavy atom. The third-order valence-electron chi connectivity index (χ3n) is 4.84. The molecule has 1 aliphatic rings. The summed E-state index contributed by atoms with van der Waals surface area (Å²) in [7, 11) is 0. The number of para-hydroxylation sites is 1. The Labute approximate surface area is 162 Å². The molecule has 6 nitrogen and oxygen atoms in total. The van der Waals surface area contributed by atoms with Crippen molar-refractivity contribution in [3.05, 3.63) is 59.9 Å². The predicted molar refractivity (Wildman–Crippen MR) is 104 cm³/mol. The largest absolute Gasteiger partial charge is 0.370 e. The number of rotatable bonds is 7. The SMILES string of the molecule is NC(=O)CCN(C(=O)CCC1Cc2ccccc2NC1=O)c1ccc(F)cc1. The normalized spacial score (nSPS) is 15.5. The Hall–Kier alpha value is -3.22. The van der Waals surface area contributed by atoms with Gasteiger partial charge in [-0.15, -0.1) is 0 Å². The van der Waals surface area contributed by atoms with Crippen LogP contribution in [0.4, 0.5) is 15.8 Å². The molecule has 0 radical (unpaired) electrons. The topological polar surface area (TPSA) is 92.5 Å². The van der Waals surface area contributed by atoms with Crippen LogP contribution in [-0.4, -0.2) is 24.3 Å². The average molecular weight is 383 g/mol. The molecule has 3 amide bonds. The van der Waals surface area contributed by atoms with Gasteiger partial charge < -0.3 is 16.0 Å². The molecule has 7 heteroatoms. The molecule has 1 aliphatic heterocycles. The second kappa shape index (κ2) is 8.65. The summed E-state index contributed by atoms with van der Waals surface area (Å²) in [5, 5.41) is 2.87. The molecule has 0 fully saturated rings. The minimum Gasteiger partial charge on any atom is -0.370 e. The molecule has 3 rings (SSSR count). The Balaban J connectivity index is 1.67. The number of carbonyl (C=O) groups excluding carboxylic acids is 3. The van der Waals surface area contributed by atoms with Crippen molar-refractivity contribution >= 4 is 29.1 Å². The van der Waals surface area contributed by atoms with Gasteiger partial charge in [0.2, 0.25) is 17.7 Å². The lowest BCUT2D eigenvalue weighted by Crippen LogP contribution is -2.36. The lowest BCUT2D eigenvalue weighted by atomic mass is 9.89. The summed E-state index contributed by atoms with van der Waals surface area (Å²) in [6.45, 7) is 0.111. The second-order valence-corrected chi connectivity index (χ2v) is 6.82. The van der Waals surface area contributed by atoms with Gasteiger partial charge in [0.05, 0.1) is 0 Å². The first-order valence-corrected chi connectivity index (χ1v) is 9.17. The van der Waals surface area contributed by atoms with E-state index < -0.39 is 11.7 Å². The number of primary amides is 1. The van der Waals surface area contributed by atoms with Crippen LogP contribution in [0.1, 0.15) is 24.8 Å². The summed E-state index contributed by atoms with van der Waals surface area (Å²) in [6, 6.07) is 13.1. The minimum absolute atomic E-state index is 0.000403. The zero-order chi connectivity index (χ0) is 20.1. The number of nitrogens with two attached hydrogens (primary N) is 1. The Kier molecular flexibility index (Phi) is 6.03. The highest BCUT2D eigenvalue weighted by molar-refractivity contribution is 5.97. The molecular weight excluding hydrogens is 361 g/mol. The lowest BCUT2D eigenvalue weighted by Gasteiger charge is -2.26. The fourth-order valence-corrected chi connectivity index (χ4v) is 3.32. The highest BCUT2D eigenvalue weighted by atomic mass is 19.1. The monoisotopic (exact) mass is 383 g/mol. The average Bonchev–Trinajstić information content (AvgIpc) is 2.67. The van der Waals surface area contributed by atoms with Gasteiger partial charge in [0.1, 0.15) is 5.82 Å². The van der Waals surface area contributed by atoms with E-state index in [1.165, 1.54) is 29.2 Å². The van der Waals surface area contributed by atoms with Gasteiger partial charge in [-0.05, 0) is 48.7 Å². The van der Waals surface area contributed by atoms with Gasteiger partial charge in [-0.3, -0.25) is 14.4 Å². The van der Waals surface area contributed by atoms with E-state index in [2.05, 4.69) is 5.32 Å². The number of hydrogen-bond acceptors (Lipinski definition) is 3. The van der Waals surface area contributed by atoms with Crippen molar-refractivity contribution in [3.8, 4) is 0 Å². The summed E-state index contributed by atoms with van der Waals surface area (Å²) in [5.74, 6) is -1.58. The number of hydrogen-bond donors (Lipinski definition) is 2. The quantitative estimate of drug-likeness (QED) is 0.770. The molecule has 0 saturated heterocycles.